The summed E-state index contributed by atoms with van der Waals surface area (Å²) in [5.74, 6) is 0.284. The number of hydrogen-bond donors (Lipinski definition) is 2. The van der Waals surface area contributed by atoms with Gasteiger partial charge in [-0.25, -0.2) is 0 Å². The van der Waals surface area contributed by atoms with Crippen molar-refractivity contribution in [1.29, 1.82) is 0 Å². The van der Waals surface area contributed by atoms with Crippen LogP contribution in [0.2, 0.25) is 0 Å². The van der Waals surface area contributed by atoms with E-state index in [2.05, 4.69) is 51.5 Å². The fraction of sp³-hybridized carbons (Fsp3) is 0.368. The minimum Gasteiger partial charge on any atom is -0.507 e. The third-order valence-corrected chi connectivity index (χ3v) is 8.44. The fourth-order valence-electron chi connectivity index (χ4n) is 4.59. The van der Waals surface area contributed by atoms with Gasteiger partial charge < -0.3 is 10.2 Å². The molecular formula is C38H46N4O2. The van der Waals surface area contributed by atoms with Gasteiger partial charge in [0.1, 0.15) is 11.5 Å². The summed E-state index contributed by atoms with van der Waals surface area (Å²) in [4.78, 5) is 18.9. The summed E-state index contributed by atoms with van der Waals surface area (Å²) in [5, 5.41) is 22.7. The van der Waals surface area contributed by atoms with E-state index < -0.39 is 11.1 Å². The van der Waals surface area contributed by atoms with E-state index in [0.29, 0.717) is 33.6 Å². The summed E-state index contributed by atoms with van der Waals surface area (Å²) in [5.41, 5.74) is 4.54. The number of aliphatic imine (C=N–C) groups is 2. The molecule has 0 spiro atoms. The average molecular weight is 591 g/mol. The number of phenols is 2. The molecule has 4 aromatic rings. The highest BCUT2D eigenvalue weighted by molar-refractivity contribution is 5.90. The Bertz CT molecular complexity index is 1550. The molecule has 0 fully saturated rings. The van der Waals surface area contributed by atoms with Gasteiger partial charge in [-0.3, -0.25) is 20.0 Å². The Morgan fingerprint density at radius 1 is 0.545 bits per heavy atom. The number of pyridine rings is 2. The van der Waals surface area contributed by atoms with Crippen LogP contribution in [0.4, 0.5) is 0 Å². The van der Waals surface area contributed by atoms with Crippen molar-refractivity contribution in [2.24, 2.45) is 9.98 Å². The fourth-order valence-corrected chi connectivity index (χ4v) is 4.59. The molecule has 0 radical (unpaired) electrons. The molecule has 0 aliphatic rings. The SMILES string of the molecule is CC(C)(C)c1cc(C=NC(C)(C)C(C)(C)N=Cc2cc(C(C)(C)C)cc(-c3ccccn3)c2O)c(O)c(-c2ccccn2)c1. The lowest BCUT2D eigenvalue weighted by atomic mass is 9.82. The first-order valence-corrected chi connectivity index (χ1v) is 15.1. The Balaban J connectivity index is 1.73. The lowest BCUT2D eigenvalue weighted by molar-refractivity contribution is 0.317. The van der Waals surface area contributed by atoms with Gasteiger partial charge >= 0.3 is 0 Å². The Hall–Kier alpha value is -4.32. The maximum atomic E-state index is 11.3. The quantitative estimate of drug-likeness (QED) is 0.210. The van der Waals surface area contributed by atoms with Gasteiger partial charge in [0.15, 0.2) is 0 Å². The van der Waals surface area contributed by atoms with E-state index in [9.17, 15) is 10.2 Å². The average Bonchev–Trinajstić information content (AvgIpc) is 2.95. The second-order valence-electron chi connectivity index (χ2n) is 14.5. The molecule has 0 saturated carbocycles. The molecule has 0 atom stereocenters. The zero-order chi connectivity index (χ0) is 32.5. The normalized spacial score (nSPS) is 13.2. The molecule has 0 saturated heterocycles. The third kappa shape index (κ3) is 7.07. The lowest BCUT2D eigenvalue weighted by Gasteiger charge is -2.35. The third-order valence-electron chi connectivity index (χ3n) is 8.44. The summed E-state index contributed by atoms with van der Waals surface area (Å²) >= 11 is 0. The van der Waals surface area contributed by atoms with Gasteiger partial charge in [0, 0.05) is 47.1 Å². The molecule has 0 aliphatic carbocycles. The van der Waals surface area contributed by atoms with Gasteiger partial charge in [-0.15, -0.1) is 0 Å². The molecule has 230 valence electrons. The first-order chi connectivity index (χ1) is 20.4. The Kier molecular flexibility index (Phi) is 8.88. The molecule has 6 heteroatoms. The van der Waals surface area contributed by atoms with Crippen molar-refractivity contribution in [3.05, 3.63) is 95.3 Å². The minimum atomic E-state index is -0.667. The van der Waals surface area contributed by atoms with Gasteiger partial charge in [0.05, 0.1) is 22.5 Å². The monoisotopic (exact) mass is 590 g/mol. The first kappa shape index (κ1) is 32.6. The zero-order valence-corrected chi connectivity index (χ0v) is 27.8. The maximum Gasteiger partial charge on any atom is 0.133 e. The van der Waals surface area contributed by atoms with E-state index in [1.54, 1.807) is 24.8 Å². The predicted octanol–water partition coefficient (Wildman–Crippen LogP) is 8.91. The van der Waals surface area contributed by atoms with Gasteiger partial charge in [0.2, 0.25) is 0 Å². The molecule has 6 nitrogen and oxygen atoms in total. The van der Waals surface area contributed by atoms with Crippen molar-refractivity contribution >= 4 is 12.4 Å². The highest BCUT2D eigenvalue weighted by atomic mass is 16.3. The van der Waals surface area contributed by atoms with Crippen LogP contribution in [-0.4, -0.2) is 43.7 Å². The van der Waals surface area contributed by atoms with E-state index in [1.165, 1.54) is 0 Å². The van der Waals surface area contributed by atoms with Crippen LogP contribution in [0.25, 0.3) is 22.5 Å². The molecule has 2 heterocycles. The van der Waals surface area contributed by atoms with Crippen molar-refractivity contribution in [2.75, 3.05) is 0 Å². The summed E-state index contributed by atoms with van der Waals surface area (Å²) in [7, 11) is 0. The van der Waals surface area contributed by atoms with Gasteiger partial charge in [0.25, 0.3) is 0 Å². The highest BCUT2D eigenvalue weighted by Gasteiger charge is 2.36. The summed E-state index contributed by atoms with van der Waals surface area (Å²) in [6.45, 7) is 21.0. The molecule has 2 aromatic heterocycles. The van der Waals surface area contributed by atoms with Crippen LogP contribution >= 0.6 is 0 Å². The van der Waals surface area contributed by atoms with Crippen LogP contribution in [0.5, 0.6) is 11.5 Å². The Labute approximate surface area is 262 Å². The number of rotatable bonds is 7. The number of phenolic OH excluding ortho intramolecular Hbond substituents is 2. The molecule has 4 rings (SSSR count). The minimum absolute atomic E-state index is 0.142. The molecule has 0 aliphatic heterocycles. The molecule has 0 amide bonds. The van der Waals surface area contributed by atoms with Crippen LogP contribution in [-0.2, 0) is 10.8 Å². The summed E-state index contributed by atoms with van der Waals surface area (Å²) in [6, 6.07) is 19.3. The number of aromatic hydroxyl groups is 2. The van der Waals surface area contributed by atoms with Crippen LogP contribution in [0.1, 0.15) is 91.5 Å². The van der Waals surface area contributed by atoms with Crippen molar-refractivity contribution in [3.63, 3.8) is 0 Å². The maximum absolute atomic E-state index is 11.3. The Morgan fingerprint density at radius 2 is 0.909 bits per heavy atom. The number of aromatic nitrogens is 2. The lowest BCUT2D eigenvalue weighted by Crippen LogP contribution is -2.42. The van der Waals surface area contributed by atoms with E-state index in [-0.39, 0.29) is 22.3 Å². The van der Waals surface area contributed by atoms with Crippen molar-refractivity contribution in [2.45, 2.75) is 91.1 Å². The Morgan fingerprint density at radius 3 is 1.20 bits per heavy atom. The van der Waals surface area contributed by atoms with Crippen molar-refractivity contribution < 1.29 is 10.2 Å². The molecule has 2 N–H and O–H groups in total. The van der Waals surface area contributed by atoms with E-state index >= 15 is 0 Å². The molecule has 44 heavy (non-hydrogen) atoms. The molecule has 0 unspecified atom stereocenters. The van der Waals surface area contributed by atoms with Crippen LogP contribution in [0.15, 0.2) is 83.0 Å². The van der Waals surface area contributed by atoms with Crippen LogP contribution in [0.3, 0.4) is 0 Å². The standard InChI is InChI=1S/C38H46N4O2/c1-35(2,3)27-19-25(33(43)29(21-27)31-15-11-13-17-39-31)23-41-37(7,8)38(9,10)42-24-26-20-28(36(4,5)6)22-30(34(26)44)32-16-12-14-18-40-32/h11-24,43-44H,1-10H3. The van der Waals surface area contributed by atoms with E-state index in [4.69, 9.17) is 9.98 Å². The molecular weight excluding hydrogens is 544 g/mol. The predicted molar refractivity (Wildman–Crippen MR) is 183 cm³/mol. The number of hydrogen-bond acceptors (Lipinski definition) is 6. The molecule has 0 bridgehead atoms. The van der Waals surface area contributed by atoms with E-state index in [1.807, 2.05) is 88.4 Å². The number of benzene rings is 2. The number of nitrogens with zero attached hydrogens (tertiary/aromatic N) is 4. The smallest absolute Gasteiger partial charge is 0.133 e. The van der Waals surface area contributed by atoms with Gasteiger partial charge in [-0.1, -0.05) is 53.7 Å². The molecule has 2 aromatic carbocycles. The van der Waals surface area contributed by atoms with Crippen LogP contribution < -0.4 is 0 Å². The summed E-state index contributed by atoms with van der Waals surface area (Å²) < 4.78 is 0. The topological polar surface area (TPSA) is 91.0 Å². The largest absolute Gasteiger partial charge is 0.507 e. The van der Waals surface area contributed by atoms with Crippen molar-refractivity contribution in [3.8, 4) is 34.0 Å². The van der Waals surface area contributed by atoms with E-state index in [0.717, 1.165) is 11.1 Å². The van der Waals surface area contributed by atoms with Gasteiger partial charge in [-0.2, -0.15) is 0 Å². The van der Waals surface area contributed by atoms with Crippen molar-refractivity contribution in [1.82, 2.24) is 9.97 Å². The second-order valence-corrected chi connectivity index (χ2v) is 14.5. The first-order valence-electron chi connectivity index (χ1n) is 15.1. The zero-order valence-electron chi connectivity index (χ0n) is 27.8. The second kappa shape index (κ2) is 12.0. The van der Waals surface area contributed by atoms with Crippen LogP contribution in [0, 0.1) is 0 Å². The highest BCUT2D eigenvalue weighted by Crippen LogP contribution is 2.38. The summed E-state index contributed by atoms with van der Waals surface area (Å²) in [6.07, 6.45) is 6.94. The van der Waals surface area contributed by atoms with Gasteiger partial charge in [-0.05, 0) is 98.2 Å².